The van der Waals surface area contributed by atoms with Gasteiger partial charge in [-0.2, -0.15) is 5.10 Å². The molecule has 0 bridgehead atoms. The second-order valence-electron chi connectivity index (χ2n) is 3.54. The number of nitrogens with two attached hydrogens (primary N) is 1. The van der Waals surface area contributed by atoms with E-state index in [0.717, 1.165) is 17.1 Å². The lowest BCUT2D eigenvalue weighted by Crippen LogP contribution is -2.00. The van der Waals surface area contributed by atoms with Crippen LogP contribution in [0.5, 0.6) is 0 Å². The molecular weight excluding hydrogens is 210 g/mol. The first kappa shape index (κ1) is 10.1. The minimum atomic E-state index is 0.570. The Balaban J connectivity index is 2.54. The van der Waals surface area contributed by atoms with E-state index in [0.29, 0.717) is 10.7 Å². The highest BCUT2D eigenvalue weighted by Crippen LogP contribution is 2.22. The molecule has 1 heterocycles. The molecule has 78 valence electrons. The number of hydrogen-bond donors (Lipinski definition) is 1. The first-order valence-corrected chi connectivity index (χ1v) is 5.04. The average Bonchev–Trinajstić information content (AvgIpc) is 2.50. The Kier molecular flexibility index (Phi) is 2.40. The zero-order chi connectivity index (χ0) is 11.0. The van der Waals surface area contributed by atoms with Gasteiger partial charge in [0.15, 0.2) is 0 Å². The highest BCUT2D eigenvalue weighted by atomic mass is 35.5. The summed E-state index contributed by atoms with van der Waals surface area (Å²) in [6.45, 7) is 3.97. The Bertz CT molecular complexity index is 503. The van der Waals surface area contributed by atoms with Crippen LogP contribution in [0.15, 0.2) is 24.3 Å². The van der Waals surface area contributed by atoms with Crippen LogP contribution in [-0.2, 0) is 0 Å². The van der Waals surface area contributed by atoms with Gasteiger partial charge in [0.25, 0.3) is 0 Å². The van der Waals surface area contributed by atoms with Crippen molar-refractivity contribution in [3.8, 4) is 5.69 Å². The number of aryl methyl sites for hydroxylation is 2. The minimum absolute atomic E-state index is 0.570. The van der Waals surface area contributed by atoms with Crippen molar-refractivity contribution in [2.75, 3.05) is 5.73 Å². The van der Waals surface area contributed by atoms with Gasteiger partial charge >= 0.3 is 0 Å². The summed E-state index contributed by atoms with van der Waals surface area (Å²) < 4.78 is 1.85. The minimum Gasteiger partial charge on any atom is -0.397 e. The maximum absolute atomic E-state index is 5.86. The molecule has 0 radical (unpaired) electrons. The fourth-order valence-electron chi connectivity index (χ4n) is 1.55. The van der Waals surface area contributed by atoms with E-state index in [-0.39, 0.29) is 0 Å². The molecule has 1 aromatic heterocycles. The van der Waals surface area contributed by atoms with Gasteiger partial charge in [-0.05, 0) is 38.1 Å². The van der Waals surface area contributed by atoms with E-state index in [4.69, 9.17) is 17.3 Å². The van der Waals surface area contributed by atoms with Gasteiger partial charge < -0.3 is 5.73 Å². The van der Waals surface area contributed by atoms with Crippen molar-refractivity contribution in [2.45, 2.75) is 13.8 Å². The molecule has 0 aliphatic rings. The van der Waals surface area contributed by atoms with Crippen LogP contribution in [0, 0.1) is 13.8 Å². The van der Waals surface area contributed by atoms with Crippen molar-refractivity contribution in [3.63, 3.8) is 0 Å². The van der Waals surface area contributed by atoms with Gasteiger partial charge in [-0.15, -0.1) is 0 Å². The third kappa shape index (κ3) is 1.83. The average molecular weight is 222 g/mol. The standard InChI is InChI=1S/C11H12ClN3/c1-7-5-8(2)15(14-7)9-3-4-10(12)11(13)6-9/h3-6H,13H2,1-2H3. The van der Waals surface area contributed by atoms with E-state index < -0.39 is 0 Å². The molecule has 0 spiro atoms. The maximum atomic E-state index is 5.86. The molecule has 2 aromatic rings. The van der Waals surface area contributed by atoms with Crippen LogP contribution in [-0.4, -0.2) is 9.78 Å². The third-order valence-corrected chi connectivity index (χ3v) is 2.58. The molecule has 15 heavy (non-hydrogen) atoms. The summed E-state index contributed by atoms with van der Waals surface area (Å²) in [5.41, 5.74) is 9.31. The molecule has 0 aliphatic heterocycles. The van der Waals surface area contributed by atoms with Crippen LogP contribution in [0.4, 0.5) is 5.69 Å². The molecule has 0 amide bonds. The second kappa shape index (κ2) is 3.59. The number of nitrogen functional groups attached to an aromatic ring is 1. The van der Waals surface area contributed by atoms with Crippen molar-refractivity contribution in [1.29, 1.82) is 0 Å². The lowest BCUT2D eigenvalue weighted by molar-refractivity contribution is 0.834. The lowest BCUT2D eigenvalue weighted by Gasteiger charge is -2.06. The van der Waals surface area contributed by atoms with E-state index in [1.54, 1.807) is 6.07 Å². The van der Waals surface area contributed by atoms with Crippen LogP contribution in [0.25, 0.3) is 5.69 Å². The van der Waals surface area contributed by atoms with Gasteiger partial charge in [0.1, 0.15) is 0 Å². The van der Waals surface area contributed by atoms with E-state index >= 15 is 0 Å². The van der Waals surface area contributed by atoms with Crippen molar-refractivity contribution < 1.29 is 0 Å². The van der Waals surface area contributed by atoms with Gasteiger partial charge in [0.2, 0.25) is 0 Å². The molecule has 0 fully saturated rings. The summed E-state index contributed by atoms with van der Waals surface area (Å²) in [6.07, 6.45) is 0. The summed E-state index contributed by atoms with van der Waals surface area (Å²) in [5, 5.41) is 4.94. The number of aromatic nitrogens is 2. The molecular formula is C11H12ClN3. The third-order valence-electron chi connectivity index (χ3n) is 2.23. The summed E-state index contributed by atoms with van der Waals surface area (Å²) in [4.78, 5) is 0. The number of rotatable bonds is 1. The fourth-order valence-corrected chi connectivity index (χ4v) is 1.67. The monoisotopic (exact) mass is 221 g/mol. The highest BCUT2D eigenvalue weighted by molar-refractivity contribution is 6.33. The first-order valence-electron chi connectivity index (χ1n) is 4.66. The van der Waals surface area contributed by atoms with E-state index in [1.807, 2.05) is 36.7 Å². The molecule has 2 rings (SSSR count). The number of halogens is 1. The second-order valence-corrected chi connectivity index (χ2v) is 3.95. The topological polar surface area (TPSA) is 43.8 Å². The number of nitrogens with zero attached hydrogens (tertiary/aromatic N) is 2. The van der Waals surface area contributed by atoms with Gasteiger partial charge in [-0.3, -0.25) is 0 Å². The Morgan fingerprint density at radius 3 is 2.53 bits per heavy atom. The van der Waals surface area contributed by atoms with Crippen LogP contribution in [0.3, 0.4) is 0 Å². The number of hydrogen-bond acceptors (Lipinski definition) is 2. The predicted octanol–water partition coefficient (Wildman–Crippen LogP) is 2.72. The van der Waals surface area contributed by atoms with Crippen LogP contribution >= 0.6 is 11.6 Å². The van der Waals surface area contributed by atoms with E-state index in [2.05, 4.69) is 5.10 Å². The van der Waals surface area contributed by atoms with E-state index in [1.165, 1.54) is 0 Å². The molecule has 1 aromatic carbocycles. The van der Waals surface area contributed by atoms with Gasteiger partial charge in [-0.1, -0.05) is 11.6 Å². The Morgan fingerprint density at radius 2 is 2.00 bits per heavy atom. The first-order chi connectivity index (χ1) is 7.08. The highest BCUT2D eigenvalue weighted by Gasteiger charge is 2.05. The van der Waals surface area contributed by atoms with Crippen LogP contribution in [0.1, 0.15) is 11.4 Å². The normalized spacial score (nSPS) is 10.6. The molecule has 0 atom stereocenters. The molecule has 0 unspecified atom stereocenters. The van der Waals surface area contributed by atoms with Crippen LogP contribution < -0.4 is 5.73 Å². The van der Waals surface area contributed by atoms with E-state index in [9.17, 15) is 0 Å². The summed E-state index contributed by atoms with van der Waals surface area (Å²) >= 11 is 5.86. The zero-order valence-corrected chi connectivity index (χ0v) is 9.42. The molecule has 0 aliphatic carbocycles. The lowest BCUT2D eigenvalue weighted by atomic mass is 10.3. The van der Waals surface area contributed by atoms with Gasteiger partial charge in [0, 0.05) is 5.69 Å². The zero-order valence-electron chi connectivity index (χ0n) is 8.66. The summed E-state index contributed by atoms with van der Waals surface area (Å²) in [5.74, 6) is 0. The predicted molar refractivity (Wildman–Crippen MR) is 62.5 cm³/mol. The molecule has 0 saturated heterocycles. The molecule has 4 heteroatoms. The summed E-state index contributed by atoms with van der Waals surface area (Å²) in [6, 6.07) is 7.52. The molecule has 3 nitrogen and oxygen atoms in total. The van der Waals surface area contributed by atoms with Gasteiger partial charge in [0.05, 0.1) is 22.1 Å². The van der Waals surface area contributed by atoms with Crippen LogP contribution in [0.2, 0.25) is 5.02 Å². The number of anilines is 1. The molecule has 0 saturated carbocycles. The maximum Gasteiger partial charge on any atom is 0.0670 e. The Hall–Kier alpha value is -1.48. The molecule has 2 N–H and O–H groups in total. The van der Waals surface area contributed by atoms with Crippen molar-refractivity contribution in [3.05, 3.63) is 40.7 Å². The Labute approximate surface area is 93.5 Å². The SMILES string of the molecule is Cc1cc(C)n(-c2ccc(Cl)c(N)c2)n1. The largest absolute Gasteiger partial charge is 0.397 e. The quantitative estimate of drug-likeness (QED) is 0.753. The Morgan fingerprint density at radius 1 is 1.27 bits per heavy atom. The number of benzene rings is 1. The summed E-state index contributed by atoms with van der Waals surface area (Å²) in [7, 11) is 0. The fraction of sp³-hybridized carbons (Fsp3) is 0.182. The van der Waals surface area contributed by atoms with Crippen molar-refractivity contribution in [1.82, 2.24) is 9.78 Å². The van der Waals surface area contributed by atoms with Crippen molar-refractivity contribution in [2.24, 2.45) is 0 Å². The van der Waals surface area contributed by atoms with Gasteiger partial charge in [-0.25, -0.2) is 4.68 Å². The van der Waals surface area contributed by atoms with Crippen molar-refractivity contribution >= 4 is 17.3 Å². The smallest absolute Gasteiger partial charge is 0.0670 e.